The molecule has 0 unspecified atom stereocenters. The molecule has 1 N–H and O–H groups in total. The topological polar surface area (TPSA) is 20.2 Å². The second-order valence-electron chi connectivity index (χ2n) is 9.88. The Bertz CT molecular complexity index is 523. The van der Waals surface area contributed by atoms with Gasteiger partial charge < -0.3 is 5.11 Å². The van der Waals surface area contributed by atoms with Crippen molar-refractivity contribution in [1.29, 1.82) is 0 Å². The molecule has 0 fully saturated rings. The van der Waals surface area contributed by atoms with Gasteiger partial charge >= 0.3 is 0 Å². The summed E-state index contributed by atoms with van der Waals surface area (Å²) < 4.78 is 0. The molecule has 0 aliphatic carbocycles. The third-order valence-corrected chi connectivity index (χ3v) is 6.44. The lowest BCUT2D eigenvalue weighted by atomic mass is 10.0. The fourth-order valence-electron chi connectivity index (χ4n) is 4.22. The molecule has 0 saturated heterocycles. The molecule has 0 spiro atoms. The quantitative estimate of drug-likeness (QED) is 0.0907. The van der Waals surface area contributed by atoms with Gasteiger partial charge in [0, 0.05) is 6.61 Å². The van der Waals surface area contributed by atoms with Gasteiger partial charge in [-0.25, -0.2) is 0 Å². The van der Waals surface area contributed by atoms with E-state index >= 15 is 0 Å². The zero-order chi connectivity index (χ0) is 25.3. The Kier molecular flexibility index (Phi) is 31.4. The van der Waals surface area contributed by atoms with Crippen LogP contribution in [0, 0.1) is 0 Å². The van der Waals surface area contributed by atoms with E-state index < -0.39 is 0 Å². The van der Waals surface area contributed by atoms with Crippen LogP contribution in [0.25, 0.3) is 0 Å². The Morgan fingerprint density at radius 3 is 0.971 bits per heavy atom. The summed E-state index contributed by atoms with van der Waals surface area (Å²) in [5, 5.41) is 8.77. The standard InChI is InChI=1S/C34H60O/c1-2-3-4-5-6-7-8-9-10-11-12-13-14-15-16-17-18-19-20-21-22-23-24-25-26-27-28-29-30-31-32-33-34-35/h3-4,6-7,9-10,12-13,15-16,35H,2,5,8,11,14,17-34H2,1H3/b4-3-,7-6-,10-9-,13-12-,16-15-. The summed E-state index contributed by atoms with van der Waals surface area (Å²) in [5.41, 5.74) is 0. The number of allylic oxidation sites excluding steroid dienone is 10. The van der Waals surface area contributed by atoms with Gasteiger partial charge in [-0.3, -0.25) is 0 Å². The van der Waals surface area contributed by atoms with Crippen molar-refractivity contribution in [1.82, 2.24) is 0 Å². The predicted octanol–water partition coefficient (Wildman–Crippen LogP) is 11.4. The Balaban J connectivity index is 3.24. The van der Waals surface area contributed by atoms with Gasteiger partial charge in [-0.1, -0.05) is 158 Å². The normalized spacial score (nSPS) is 12.6. The molecule has 1 heteroatoms. The molecule has 0 saturated carbocycles. The van der Waals surface area contributed by atoms with Crippen LogP contribution in [0.4, 0.5) is 0 Å². The van der Waals surface area contributed by atoms with Crippen LogP contribution in [0.2, 0.25) is 0 Å². The van der Waals surface area contributed by atoms with Crippen molar-refractivity contribution >= 4 is 0 Å². The van der Waals surface area contributed by atoms with Gasteiger partial charge in [-0.15, -0.1) is 0 Å². The molecule has 0 radical (unpaired) electrons. The second kappa shape index (κ2) is 32.7. The van der Waals surface area contributed by atoms with Gasteiger partial charge in [0.25, 0.3) is 0 Å². The molecule has 0 heterocycles. The highest BCUT2D eigenvalue weighted by Crippen LogP contribution is 2.14. The van der Waals surface area contributed by atoms with Gasteiger partial charge in [0.05, 0.1) is 0 Å². The lowest BCUT2D eigenvalue weighted by Crippen LogP contribution is -1.85. The van der Waals surface area contributed by atoms with Crippen molar-refractivity contribution in [2.45, 2.75) is 148 Å². The van der Waals surface area contributed by atoms with Crippen LogP contribution < -0.4 is 0 Å². The third kappa shape index (κ3) is 32.7. The van der Waals surface area contributed by atoms with Crippen molar-refractivity contribution in [3.63, 3.8) is 0 Å². The highest BCUT2D eigenvalue weighted by atomic mass is 16.2. The lowest BCUT2D eigenvalue weighted by molar-refractivity contribution is 0.282. The van der Waals surface area contributed by atoms with Crippen LogP contribution in [-0.2, 0) is 0 Å². The maximum absolute atomic E-state index is 8.77. The van der Waals surface area contributed by atoms with Crippen LogP contribution in [0.15, 0.2) is 60.8 Å². The molecule has 0 atom stereocenters. The van der Waals surface area contributed by atoms with Crippen LogP contribution in [0.5, 0.6) is 0 Å². The van der Waals surface area contributed by atoms with Crippen molar-refractivity contribution < 1.29 is 5.11 Å². The summed E-state index contributed by atoms with van der Waals surface area (Å²) >= 11 is 0. The average molecular weight is 485 g/mol. The number of hydrogen-bond acceptors (Lipinski definition) is 1. The van der Waals surface area contributed by atoms with Crippen molar-refractivity contribution in [2.24, 2.45) is 0 Å². The molecular formula is C34H60O. The lowest BCUT2D eigenvalue weighted by Gasteiger charge is -2.03. The molecule has 0 aromatic carbocycles. The summed E-state index contributed by atoms with van der Waals surface area (Å²) in [7, 11) is 0. The fourth-order valence-corrected chi connectivity index (χ4v) is 4.22. The number of aliphatic hydroxyl groups is 1. The van der Waals surface area contributed by atoms with E-state index in [2.05, 4.69) is 67.7 Å². The highest BCUT2D eigenvalue weighted by molar-refractivity contribution is 5.00. The van der Waals surface area contributed by atoms with Crippen LogP contribution in [-0.4, -0.2) is 11.7 Å². The Labute approximate surface area is 220 Å². The summed E-state index contributed by atoms with van der Waals surface area (Å²) in [6.45, 7) is 2.54. The van der Waals surface area contributed by atoms with E-state index in [9.17, 15) is 0 Å². The van der Waals surface area contributed by atoms with Gasteiger partial charge in [0.2, 0.25) is 0 Å². The predicted molar refractivity (Wildman–Crippen MR) is 160 cm³/mol. The number of aliphatic hydroxyl groups excluding tert-OH is 1. The first kappa shape index (κ1) is 33.7. The first-order valence-electron chi connectivity index (χ1n) is 15.3. The monoisotopic (exact) mass is 484 g/mol. The Morgan fingerprint density at radius 2 is 0.629 bits per heavy atom. The van der Waals surface area contributed by atoms with Crippen molar-refractivity contribution in [2.75, 3.05) is 6.61 Å². The first-order chi connectivity index (χ1) is 17.4. The largest absolute Gasteiger partial charge is 0.396 e. The number of hydrogen-bond donors (Lipinski definition) is 1. The summed E-state index contributed by atoms with van der Waals surface area (Å²) in [4.78, 5) is 0. The van der Waals surface area contributed by atoms with Crippen LogP contribution in [0.3, 0.4) is 0 Å². The summed E-state index contributed by atoms with van der Waals surface area (Å²) in [5.74, 6) is 0. The zero-order valence-corrected chi connectivity index (χ0v) is 23.5. The van der Waals surface area contributed by atoms with Crippen LogP contribution >= 0.6 is 0 Å². The van der Waals surface area contributed by atoms with E-state index in [4.69, 9.17) is 5.11 Å². The molecule has 35 heavy (non-hydrogen) atoms. The van der Waals surface area contributed by atoms with Gasteiger partial charge in [-0.05, 0) is 51.4 Å². The summed E-state index contributed by atoms with van der Waals surface area (Å²) in [6.07, 6.45) is 51.2. The molecule has 202 valence electrons. The maximum atomic E-state index is 8.77. The second-order valence-corrected chi connectivity index (χ2v) is 9.88. The minimum atomic E-state index is 0.366. The molecule has 0 rings (SSSR count). The minimum absolute atomic E-state index is 0.366. The van der Waals surface area contributed by atoms with Crippen LogP contribution in [0.1, 0.15) is 148 Å². The molecular weight excluding hydrogens is 424 g/mol. The highest BCUT2D eigenvalue weighted by Gasteiger charge is 1.94. The summed E-state index contributed by atoms with van der Waals surface area (Å²) in [6, 6.07) is 0. The third-order valence-electron chi connectivity index (χ3n) is 6.44. The molecule has 0 amide bonds. The van der Waals surface area contributed by atoms with Crippen molar-refractivity contribution in [3.05, 3.63) is 60.8 Å². The van der Waals surface area contributed by atoms with E-state index in [1.807, 2.05) is 0 Å². The Hall–Kier alpha value is -1.34. The Morgan fingerprint density at radius 1 is 0.343 bits per heavy atom. The molecule has 0 aliphatic heterocycles. The van der Waals surface area contributed by atoms with E-state index in [1.54, 1.807) is 0 Å². The van der Waals surface area contributed by atoms with Crippen molar-refractivity contribution in [3.8, 4) is 0 Å². The molecule has 0 aromatic heterocycles. The number of unbranched alkanes of at least 4 members (excludes halogenated alkanes) is 16. The van der Waals surface area contributed by atoms with E-state index in [-0.39, 0.29) is 0 Å². The van der Waals surface area contributed by atoms with Gasteiger partial charge in [0.15, 0.2) is 0 Å². The molecule has 0 bridgehead atoms. The maximum Gasteiger partial charge on any atom is 0.0431 e. The zero-order valence-electron chi connectivity index (χ0n) is 23.5. The van der Waals surface area contributed by atoms with E-state index in [1.165, 1.54) is 103 Å². The smallest absolute Gasteiger partial charge is 0.0431 e. The SMILES string of the molecule is CC/C=C\C/C=C\C/C=C\C/C=C\C/C=C\CCCCCCCCCCCCCCCCCCO. The number of rotatable bonds is 27. The van der Waals surface area contributed by atoms with E-state index in [0.717, 1.165) is 38.5 Å². The molecule has 0 aliphatic rings. The minimum Gasteiger partial charge on any atom is -0.396 e. The fraction of sp³-hybridized carbons (Fsp3) is 0.706. The van der Waals surface area contributed by atoms with Gasteiger partial charge in [0.1, 0.15) is 0 Å². The first-order valence-corrected chi connectivity index (χ1v) is 15.3. The van der Waals surface area contributed by atoms with E-state index in [0.29, 0.717) is 6.61 Å². The molecule has 0 aromatic rings. The molecule has 1 nitrogen and oxygen atoms in total. The van der Waals surface area contributed by atoms with Gasteiger partial charge in [-0.2, -0.15) is 0 Å². The average Bonchev–Trinajstić information content (AvgIpc) is 2.87.